The van der Waals surface area contributed by atoms with Crippen LogP contribution in [0.4, 0.5) is 0 Å². The molecule has 3 heterocycles. The number of hydrogen-bond donors (Lipinski definition) is 0. The summed E-state index contributed by atoms with van der Waals surface area (Å²) in [5.74, 6) is 1.13. The van der Waals surface area contributed by atoms with Gasteiger partial charge in [-0.2, -0.15) is 5.10 Å². The molecule has 2 aromatic heterocycles. The molecule has 0 N–H and O–H groups in total. The molecule has 0 bridgehead atoms. The second-order valence-corrected chi connectivity index (χ2v) is 9.88. The second kappa shape index (κ2) is 8.82. The zero-order valence-electron chi connectivity index (χ0n) is 20.7. The monoisotopic (exact) mass is 461 g/mol. The highest BCUT2D eigenvalue weighted by atomic mass is 15.2. The van der Waals surface area contributed by atoms with Gasteiger partial charge in [-0.05, 0) is 60.2 Å². The van der Waals surface area contributed by atoms with E-state index in [4.69, 9.17) is 4.98 Å². The molecular weight excluding hydrogens is 430 g/mol. The molecule has 1 aliphatic heterocycles. The first kappa shape index (κ1) is 21.8. The van der Waals surface area contributed by atoms with E-state index in [-0.39, 0.29) is 0 Å². The van der Waals surface area contributed by atoms with Crippen LogP contribution >= 0.6 is 0 Å². The van der Waals surface area contributed by atoms with Crippen LogP contribution in [0.15, 0.2) is 73.1 Å². The van der Waals surface area contributed by atoms with Gasteiger partial charge in [0, 0.05) is 38.4 Å². The van der Waals surface area contributed by atoms with Crippen LogP contribution in [-0.4, -0.2) is 30.8 Å². The summed E-state index contributed by atoms with van der Waals surface area (Å²) in [6.45, 7) is 8.07. The van der Waals surface area contributed by atoms with Gasteiger partial charge in [0.05, 0.1) is 23.8 Å². The standard InChI is InChI=1S/C30H31N5/c1-21-8-9-22(2)26(14-21)19-35-29-15-24(27-16-31-33(3)17-27)10-11-28(29)32-30(35)20-34-13-12-23-6-4-5-7-25(23)18-34/h4-11,14-17H,12-13,18-20H2,1-3H3. The number of imidazole rings is 1. The Hall–Kier alpha value is -3.70. The fourth-order valence-electron chi connectivity index (χ4n) is 5.25. The largest absolute Gasteiger partial charge is 0.322 e. The van der Waals surface area contributed by atoms with Crippen molar-refractivity contribution in [3.63, 3.8) is 0 Å². The van der Waals surface area contributed by atoms with Crippen LogP contribution in [0.3, 0.4) is 0 Å². The fourth-order valence-corrected chi connectivity index (χ4v) is 5.25. The Labute approximate surface area is 206 Å². The first-order chi connectivity index (χ1) is 17.0. The summed E-state index contributed by atoms with van der Waals surface area (Å²) in [6.07, 6.45) is 5.09. The highest BCUT2D eigenvalue weighted by Crippen LogP contribution is 2.28. The molecule has 35 heavy (non-hydrogen) atoms. The molecule has 0 unspecified atom stereocenters. The van der Waals surface area contributed by atoms with Crippen molar-refractivity contribution in [2.75, 3.05) is 6.54 Å². The van der Waals surface area contributed by atoms with Crippen molar-refractivity contribution in [1.29, 1.82) is 0 Å². The summed E-state index contributed by atoms with van der Waals surface area (Å²) < 4.78 is 4.28. The second-order valence-electron chi connectivity index (χ2n) is 9.88. The minimum Gasteiger partial charge on any atom is -0.322 e. The Morgan fingerprint density at radius 2 is 1.74 bits per heavy atom. The van der Waals surface area contributed by atoms with Gasteiger partial charge < -0.3 is 4.57 Å². The van der Waals surface area contributed by atoms with E-state index in [1.54, 1.807) is 0 Å². The van der Waals surface area contributed by atoms with Crippen LogP contribution < -0.4 is 0 Å². The van der Waals surface area contributed by atoms with Crippen LogP contribution in [-0.2, 0) is 33.1 Å². The molecule has 0 saturated carbocycles. The number of nitrogens with zero attached hydrogens (tertiary/aromatic N) is 5. The molecule has 0 fully saturated rings. The predicted molar refractivity (Wildman–Crippen MR) is 141 cm³/mol. The smallest absolute Gasteiger partial charge is 0.124 e. The molecule has 0 saturated heterocycles. The van der Waals surface area contributed by atoms with Gasteiger partial charge in [-0.1, -0.05) is 54.1 Å². The minimum absolute atomic E-state index is 0.820. The molecule has 5 heteroatoms. The number of fused-ring (bicyclic) bond motifs is 2. The van der Waals surface area contributed by atoms with E-state index in [0.717, 1.165) is 49.5 Å². The third-order valence-electron chi connectivity index (χ3n) is 7.27. The van der Waals surface area contributed by atoms with Crippen molar-refractivity contribution >= 4 is 11.0 Å². The van der Waals surface area contributed by atoms with Gasteiger partial charge in [0.1, 0.15) is 5.82 Å². The van der Waals surface area contributed by atoms with Crippen molar-refractivity contribution in [3.05, 3.63) is 107 Å². The zero-order valence-corrected chi connectivity index (χ0v) is 20.7. The average molecular weight is 462 g/mol. The van der Waals surface area contributed by atoms with Gasteiger partial charge in [-0.25, -0.2) is 4.98 Å². The summed E-state index contributed by atoms with van der Waals surface area (Å²) in [6, 6.07) is 22.2. The van der Waals surface area contributed by atoms with Crippen LogP contribution in [0.2, 0.25) is 0 Å². The van der Waals surface area contributed by atoms with Crippen molar-refractivity contribution in [2.24, 2.45) is 7.05 Å². The van der Waals surface area contributed by atoms with Gasteiger partial charge >= 0.3 is 0 Å². The molecule has 0 atom stereocenters. The van der Waals surface area contributed by atoms with Crippen LogP contribution in [0.5, 0.6) is 0 Å². The normalized spacial score (nSPS) is 13.9. The molecule has 1 aliphatic rings. The Morgan fingerprint density at radius 1 is 0.886 bits per heavy atom. The lowest BCUT2D eigenvalue weighted by Crippen LogP contribution is -2.31. The molecule has 176 valence electrons. The summed E-state index contributed by atoms with van der Waals surface area (Å²) in [7, 11) is 1.96. The zero-order chi connectivity index (χ0) is 23.9. The van der Waals surface area contributed by atoms with E-state index in [1.165, 1.54) is 38.9 Å². The van der Waals surface area contributed by atoms with Gasteiger partial charge in [0.2, 0.25) is 0 Å². The minimum atomic E-state index is 0.820. The first-order valence-corrected chi connectivity index (χ1v) is 12.4. The van der Waals surface area contributed by atoms with E-state index in [2.05, 4.69) is 95.3 Å². The molecular formula is C30H31N5. The van der Waals surface area contributed by atoms with Gasteiger partial charge in [0.25, 0.3) is 0 Å². The summed E-state index contributed by atoms with van der Waals surface area (Å²) >= 11 is 0. The lowest BCUT2D eigenvalue weighted by atomic mass is 10.00. The summed E-state index contributed by atoms with van der Waals surface area (Å²) in [4.78, 5) is 7.68. The quantitative estimate of drug-likeness (QED) is 0.339. The van der Waals surface area contributed by atoms with E-state index in [0.29, 0.717) is 0 Å². The van der Waals surface area contributed by atoms with Crippen LogP contribution in [0.1, 0.15) is 33.6 Å². The van der Waals surface area contributed by atoms with Crippen molar-refractivity contribution in [1.82, 2.24) is 24.2 Å². The SMILES string of the molecule is Cc1ccc(C)c(Cn2c(CN3CCc4ccccc4C3)nc3ccc(-c4cnn(C)c4)cc32)c1. The molecule has 0 amide bonds. The van der Waals surface area contributed by atoms with Gasteiger partial charge in [0.15, 0.2) is 0 Å². The molecule has 6 rings (SSSR count). The highest BCUT2D eigenvalue weighted by Gasteiger charge is 2.20. The molecule has 5 nitrogen and oxygen atoms in total. The third-order valence-corrected chi connectivity index (χ3v) is 7.27. The number of benzene rings is 3. The van der Waals surface area contributed by atoms with Gasteiger partial charge in [-0.3, -0.25) is 9.58 Å². The molecule has 5 aromatic rings. The van der Waals surface area contributed by atoms with E-state index >= 15 is 0 Å². The Bertz CT molecular complexity index is 1520. The van der Waals surface area contributed by atoms with Crippen LogP contribution in [0, 0.1) is 13.8 Å². The number of aryl methyl sites for hydroxylation is 3. The fraction of sp³-hybridized carbons (Fsp3) is 0.267. The van der Waals surface area contributed by atoms with Gasteiger partial charge in [-0.15, -0.1) is 0 Å². The maximum absolute atomic E-state index is 5.15. The highest BCUT2D eigenvalue weighted by molar-refractivity contribution is 5.82. The maximum Gasteiger partial charge on any atom is 0.124 e. The maximum atomic E-state index is 5.15. The Kier molecular flexibility index (Phi) is 5.50. The van der Waals surface area contributed by atoms with E-state index < -0.39 is 0 Å². The number of hydrogen-bond acceptors (Lipinski definition) is 3. The van der Waals surface area contributed by atoms with Crippen LogP contribution in [0.25, 0.3) is 22.2 Å². The molecule has 0 spiro atoms. The van der Waals surface area contributed by atoms with E-state index in [9.17, 15) is 0 Å². The molecule has 0 aliphatic carbocycles. The lowest BCUT2D eigenvalue weighted by Gasteiger charge is -2.28. The molecule has 3 aromatic carbocycles. The third kappa shape index (κ3) is 4.28. The predicted octanol–water partition coefficient (Wildman–Crippen LogP) is 5.66. The average Bonchev–Trinajstić information content (AvgIpc) is 3.44. The van der Waals surface area contributed by atoms with Crippen molar-refractivity contribution < 1.29 is 0 Å². The Balaban J connectivity index is 1.41. The van der Waals surface area contributed by atoms with Crippen molar-refractivity contribution in [3.8, 4) is 11.1 Å². The van der Waals surface area contributed by atoms with E-state index in [1.807, 2.05) is 17.9 Å². The van der Waals surface area contributed by atoms with Crippen molar-refractivity contribution in [2.45, 2.75) is 39.9 Å². The Morgan fingerprint density at radius 3 is 2.57 bits per heavy atom. The summed E-state index contributed by atoms with van der Waals surface area (Å²) in [5.41, 5.74) is 11.4. The topological polar surface area (TPSA) is 38.9 Å². The molecule has 0 radical (unpaired) electrons. The number of aromatic nitrogens is 4. The lowest BCUT2D eigenvalue weighted by molar-refractivity contribution is 0.237. The number of rotatable bonds is 5. The summed E-state index contributed by atoms with van der Waals surface area (Å²) in [5, 5.41) is 4.37. The first-order valence-electron chi connectivity index (χ1n) is 12.4.